The Bertz CT molecular complexity index is 1270. The molecule has 3 aromatic rings. The van der Waals surface area contributed by atoms with E-state index in [1.54, 1.807) is 9.91 Å². The van der Waals surface area contributed by atoms with Gasteiger partial charge in [0, 0.05) is 12.6 Å². The van der Waals surface area contributed by atoms with E-state index >= 15 is 0 Å². The summed E-state index contributed by atoms with van der Waals surface area (Å²) in [5.41, 5.74) is 3.62. The summed E-state index contributed by atoms with van der Waals surface area (Å²) >= 11 is 2.72. The molecule has 33 heavy (non-hydrogen) atoms. The third-order valence-electron chi connectivity index (χ3n) is 5.32. The lowest BCUT2D eigenvalue weighted by Gasteiger charge is -2.38. The standard InChI is InChI=1S/C26H21N3O2S2/c1-18-13-15-22(16-14-18)29-26(33-24(27-29)19(2)30)28(21-11-7-4-8-12-21)25(31)23(32-26)17-20-9-5-3-6-10-20/h3-17H,1-2H3/b23-17-/t26-/m1/s1. The summed E-state index contributed by atoms with van der Waals surface area (Å²) < 4.78 is -0.991. The second-order valence-electron chi connectivity index (χ2n) is 7.76. The van der Waals surface area contributed by atoms with Crippen molar-refractivity contribution < 1.29 is 9.59 Å². The summed E-state index contributed by atoms with van der Waals surface area (Å²) in [7, 11) is 0. The summed E-state index contributed by atoms with van der Waals surface area (Å²) in [5.74, 6) is -0.254. The third kappa shape index (κ3) is 3.87. The molecule has 0 saturated carbocycles. The Morgan fingerprint density at radius 1 is 0.879 bits per heavy atom. The predicted octanol–water partition coefficient (Wildman–Crippen LogP) is 5.88. The Morgan fingerprint density at radius 2 is 1.52 bits per heavy atom. The summed E-state index contributed by atoms with van der Waals surface area (Å²) in [6, 6.07) is 27.3. The van der Waals surface area contributed by atoms with E-state index in [0.29, 0.717) is 9.95 Å². The van der Waals surface area contributed by atoms with Crippen molar-refractivity contribution in [2.24, 2.45) is 5.10 Å². The molecule has 1 saturated heterocycles. The number of anilines is 2. The van der Waals surface area contributed by atoms with Gasteiger partial charge in [-0.3, -0.25) is 14.5 Å². The van der Waals surface area contributed by atoms with Gasteiger partial charge in [0.05, 0.1) is 10.6 Å². The molecule has 3 aromatic carbocycles. The van der Waals surface area contributed by atoms with Gasteiger partial charge in [0.1, 0.15) is 0 Å². The van der Waals surface area contributed by atoms with Gasteiger partial charge in [0.2, 0.25) is 4.33 Å². The maximum absolute atomic E-state index is 13.8. The molecule has 2 aliphatic heterocycles. The zero-order valence-electron chi connectivity index (χ0n) is 18.1. The second-order valence-corrected chi connectivity index (χ2v) is 10.4. The first-order valence-electron chi connectivity index (χ1n) is 10.5. The Balaban J connectivity index is 1.69. The van der Waals surface area contributed by atoms with Crippen LogP contribution in [-0.4, -0.2) is 21.1 Å². The van der Waals surface area contributed by atoms with E-state index in [-0.39, 0.29) is 11.7 Å². The minimum Gasteiger partial charge on any atom is -0.292 e. The molecule has 0 aliphatic carbocycles. The monoisotopic (exact) mass is 471 g/mol. The molecule has 0 radical (unpaired) electrons. The van der Waals surface area contributed by atoms with Gasteiger partial charge in [0.15, 0.2) is 10.8 Å². The molecule has 5 nitrogen and oxygen atoms in total. The van der Waals surface area contributed by atoms with E-state index in [1.165, 1.54) is 30.4 Å². The van der Waals surface area contributed by atoms with E-state index in [9.17, 15) is 9.59 Å². The van der Waals surface area contributed by atoms with Crippen LogP contribution in [0.2, 0.25) is 0 Å². The number of amides is 1. The van der Waals surface area contributed by atoms with Crippen LogP contribution in [-0.2, 0) is 9.59 Å². The maximum Gasteiger partial charge on any atom is 0.268 e. The fraction of sp³-hybridized carbons (Fsp3) is 0.115. The molecule has 164 valence electrons. The smallest absolute Gasteiger partial charge is 0.268 e. The number of benzene rings is 3. The number of hydrazone groups is 1. The molecule has 0 bridgehead atoms. The number of nitrogens with zero attached hydrogens (tertiary/aromatic N) is 3. The molecule has 0 N–H and O–H groups in total. The summed E-state index contributed by atoms with van der Waals surface area (Å²) in [6.07, 6.45) is 1.90. The lowest BCUT2D eigenvalue weighted by molar-refractivity contribution is -0.114. The lowest BCUT2D eigenvalue weighted by Crippen LogP contribution is -2.51. The molecule has 1 amide bonds. The van der Waals surface area contributed by atoms with E-state index in [2.05, 4.69) is 0 Å². The lowest BCUT2D eigenvalue weighted by atomic mass is 10.2. The van der Waals surface area contributed by atoms with Crippen molar-refractivity contribution in [2.45, 2.75) is 18.2 Å². The van der Waals surface area contributed by atoms with Gasteiger partial charge in [0.25, 0.3) is 5.91 Å². The van der Waals surface area contributed by atoms with Crippen LogP contribution in [0.25, 0.3) is 6.08 Å². The predicted molar refractivity (Wildman–Crippen MR) is 138 cm³/mol. The normalized spacial score (nSPS) is 21.2. The zero-order valence-corrected chi connectivity index (χ0v) is 19.8. The molecule has 5 rings (SSSR count). The number of carbonyl (C=O) groups is 2. The first-order chi connectivity index (χ1) is 16.0. The van der Waals surface area contributed by atoms with Gasteiger partial charge >= 0.3 is 0 Å². The number of ketones is 1. The second kappa shape index (κ2) is 8.57. The van der Waals surface area contributed by atoms with Crippen molar-refractivity contribution in [3.05, 3.63) is 101 Å². The highest BCUT2D eigenvalue weighted by atomic mass is 32.2. The average molecular weight is 472 g/mol. The largest absolute Gasteiger partial charge is 0.292 e. The number of rotatable bonds is 4. The highest BCUT2D eigenvalue weighted by Crippen LogP contribution is 2.59. The number of para-hydroxylation sites is 1. The number of Topliss-reactive ketones (excluding diaryl/α,β-unsaturated/α-hetero) is 1. The first-order valence-corrected chi connectivity index (χ1v) is 12.1. The first kappa shape index (κ1) is 21.6. The van der Waals surface area contributed by atoms with Gasteiger partial charge in [-0.1, -0.05) is 78.0 Å². The number of aryl methyl sites for hydroxylation is 1. The van der Waals surface area contributed by atoms with Crippen LogP contribution in [0.5, 0.6) is 0 Å². The number of carbonyl (C=O) groups excluding carboxylic acids is 2. The van der Waals surface area contributed by atoms with Gasteiger partial charge in [-0.15, -0.1) is 0 Å². The molecule has 1 spiro atoms. The van der Waals surface area contributed by atoms with Gasteiger partial charge in [-0.2, -0.15) is 5.10 Å². The fourth-order valence-electron chi connectivity index (χ4n) is 3.72. The van der Waals surface area contributed by atoms with Crippen molar-refractivity contribution in [1.29, 1.82) is 0 Å². The average Bonchev–Trinajstić information content (AvgIpc) is 3.33. The summed E-state index contributed by atoms with van der Waals surface area (Å²) in [6.45, 7) is 3.53. The number of thioether (sulfide) groups is 2. The zero-order chi connectivity index (χ0) is 23.0. The maximum atomic E-state index is 13.8. The Kier molecular flexibility index (Phi) is 5.60. The van der Waals surface area contributed by atoms with Crippen molar-refractivity contribution in [2.75, 3.05) is 9.91 Å². The van der Waals surface area contributed by atoms with Crippen LogP contribution in [0.3, 0.4) is 0 Å². The minimum atomic E-state index is -0.991. The number of hydrogen-bond acceptors (Lipinski definition) is 6. The molecule has 2 aliphatic rings. The number of hydrogen-bond donors (Lipinski definition) is 0. The Morgan fingerprint density at radius 3 is 2.15 bits per heavy atom. The molecule has 2 heterocycles. The van der Waals surface area contributed by atoms with Gasteiger partial charge < -0.3 is 0 Å². The van der Waals surface area contributed by atoms with Crippen LogP contribution in [0.4, 0.5) is 11.4 Å². The highest BCUT2D eigenvalue weighted by molar-refractivity contribution is 8.29. The van der Waals surface area contributed by atoms with E-state index in [1.807, 2.05) is 97.9 Å². The minimum absolute atomic E-state index is 0.125. The third-order valence-corrected chi connectivity index (χ3v) is 8.14. The SMILES string of the molecule is CC(=O)C1=NN(c2ccc(C)cc2)[C@@]2(S1)S/C(=C\c1ccccc1)C(=O)N2c1ccccc1. The molecular weight excluding hydrogens is 450 g/mol. The molecular formula is C26H21N3O2S2. The van der Waals surface area contributed by atoms with E-state index in [4.69, 9.17) is 5.10 Å². The van der Waals surface area contributed by atoms with Crippen LogP contribution >= 0.6 is 23.5 Å². The topological polar surface area (TPSA) is 53.0 Å². The molecule has 1 fully saturated rings. The van der Waals surface area contributed by atoms with Gasteiger partial charge in [-0.25, -0.2) is 5.01 Å². The molecule has 0 aromatic heterocycles. The Labute approximate surface area is 201 Å². The van der Waals surface area contributed by atoms with Crippen molar-refractivity contribution in [3.63, 3.8) is 0 Å². The highest BCUT2D eigenvalue weighted by Gasteiger charge is 2.59. The quantitative estimate of drug-likeness (QED) is 0.445. The van der Waals surface area contributed by atoms with Crippen molar-refractivity contribution >= 4 is 57.7 Å². The molecule has 1 atom stereocenters. The summed E-state index contributed by atoms with van der Waals surface area (Å²) in [5, 5.41) is 6.87. The van der Waals surface area contributed by atoms with Gasteiger partial charge in [-0.05, 0) is 54.6 Å². The molecule has 7 heteroatoms. The van der Waals surface area contributed by atoms with Crippen LogP contribution in [0.1, 0.15) is 18.1 Å². The molecule has 0 unspecified atom stereocenters. The fourth-order valence-corrected chi connectivity index (χ4v) is 6.59. The van der Waals surface area contributed by atoms with E-state index < -0.39 is 4.33 Å². The summed E-state index contributed by atoms with van der Waals surface area (Å²) in [4.78, 5) is 28.6. The van der Waals surface area contributed by atoms with Crippen LogP contribution < -0.4 is 9.91 Å². The van der Waals surface area contributed by atoms with E-state index in [0.717, 1.165) is 22.5 Å². The van der Waals surface area contributed by atoms with Crippen molar-refractivity contribution in [1.82, 2.24) is 0 Å². The van der Waals surface area contributed by atoms with Crippen LogP contribution in [0.15, 0.2) is 94.9 Å². The van der Waals surface area contributed by atoms with Crippen molar-refractivity contribution in [3.8, 4) is 0 Å². The Hall–Kier alpha value is -3.29. The van der Waals surface area contributed by atoms with Crippen LogP contribution in [0, 0.1) is 6.92 Å².